The lowest BCUT2D eigenvalue weighted by Crippen LogP contribution is -2.05. The van der Waals surface area contributed by atoms with Gasteiger partial charge in [-0.05, 0) is 77.7 Å². The van der Waals surface area contributed by atoms with Gasteiger partial charge in [0.15, 0.2) is 0 Å². The maximum atomic E-state index is 10.5. The Labute approximate surface area is 130 Å². The Morgan fingerprint density at radius 1 is 1.24 bits per heavy atom. The monoisotopic (exact) mass is 286 g/mol. The van der Waals surface area contributed by atoms with E-state index in [1.54, 1.807) is 11.1 Å². The number of rotatable bonds is 7. The molecule has 0 saturated carbocycles. The first-order valence-corrected chi connectivity index (χ1v) is 8.12. The van der Waals surface area contributed by atoms with E-state index in [2.05, 4.69) is 39.0 Å². The Morgan fingerprint density at radius 2 is 2.00 bits per heavy atom. The summed E-state index contributed by atoms with van der Waals surface area (Å²) in [7, 11) is 0. The Hall–Kier alpha value is -1.37. The standard InChI is InChI=1S/C20H30O/c1-16(7-5-9-18(3)15-21)8-6-10-19(4)20-13-11-17(2)12-14-20/h8-11,15,20H,5-7,12-14H2,1-4H3. The predicted octanol–water partition coefficient (Wildman–Crippen LogP) is 5.94. The maximum Gasteiger partial charge on any atom is 0.145 e. The van der Waals surface area contributed by atoms with E-state index < -0.39 is 0 Å². The van der Waals surface area contributed by atoms with Crippen molar-refractivity contribution in [2.75, 3.05) is 0 Å². The second-order valence-corrected chi connectivity index (χ2v) is 6.36. The molecule has 1 heteroatoms. The van der Waals surface area contributed by atoms with E-state index in [-0.39, 0.29) is 0 Å². The van der Waals surface area contributed by atoms with Crippen molar-refractivity contribution in [3.63, 3.8) is 0 Å². The number of carbonyl (C=O) groups excluding carboxylic acids is 1. The minimum atomic E-state index is 0.751. The summed E-state index contributed by atoms with van der Waals surface area (Å²) in [5.41, 5.74) is 5.33. The highest BCUT2D eigenvalue weighted by Gasteiger charge is 2.13. The second kappa shape index (κ2) is 9.55. The zero-order chi connectivity index (χ0) is 15.7. The van der Waals surface area contributed by atoms with Gasteiger partial charge in [-0.25, -0.2) is 0 Å². The van der Waals surface area contributed by atoms with Crippen LogP contribution < -0.4 is 0 Å². The highest BCUT2D eigenvalue weighted by atomic mass is 16.1. The summed E-state index contributed by atoms with van der Waals surface area (Å²) in [4.78, 5) is 10.5. The highest BCUT2D eigenvalue weighted by molar-refractivity contribution is 5.71. The fraction of sp³-hybridized carbons (Fsp3) is 0.550. The molecule has 21 heavy (non-hydrogen) atoms. The summed E-state index contributed by atoms with van der Waals surface area (Å²) in [5.74, 6) is 0.751. The van der Waals surface area contributed by atoms with E-state index in [1.807, 2.05) is 13.0 Å². The van der Waals surface area contributed by atoms with Gasteiger partial charge in [-0.15, -0.1) is 0 Å². The molecule has 1 atom stereocenters. The topological polar surface area (TPSA) is 17.1 Å². The van der Waals surface area contributed by atoms with Crippen molar-refractivity contribution in [2.45, 2.75) is 66.2 Å². The zero-order valence-electron chi connectivity index (χ0n) is 14.1. The van der Waals surface area contributed by atoms with Crippen molar-refractivity contribution < 1.29 is 4.79 Å². The summed E-state index contributed by atoms with van der Waals surface area (Å²) in [6.07, 6.45) is 16.9. The van der Waals surface area contributed by atoms with E-state index >= 15 is 0 Å². The zero-order valence-corrected chi connectivity index (χ0v) is 14.1. The molecule has 0 fully saturated rings. The quantitative estimate of drug-likeness (QED) is 0.321. The van der Waals surface area contributed by atoms with Crippen molar-refractivity contribution in [2.24, 2.45) is 5.92 Å². The molecule has 0 spiro atoms. The molecule has 1 nitrogen and oxygen atoms in total. The van der Waals surface area contributed by atoms with Crippen LogP contribution in [0.15, 0.2) is 46.6 Å². The van der Waals surface area contributed by atoms with Crippen LogP contribution in [0.3, 0.4) is 0 Å². The van der Waals surface area contributed by atoms with Gasteiger partial charge in [0.1, 0.15) is 6.29 Å². The summed E-state index contributed by atoms with van der Waals surface area (Å²) in [6.45, 7) is 8.55. The molecule has 0 radical (unpaired) electrons. The van der Waals surface area contributed by atoms with Gasteiger partial charge in [-0.3, -0.25) is 4.79 Å². The van der Waals surface area contributed by atoms with Crippen LogP contribution in [0.25, 0.3) is 0 Å². The highest BCUT2D eigenvalue weighted by Crippen LogP contribution is 2.28. The normalized spacial score (nSPS) is 21.2. The predicted molar refractivity (Wildman–Crippen MR) is 92.3 cm³/mol. The Balaban J connectivity index is 2.37. The van der Waals surface area contributed by atoms with E-state index in [1.165, 1.54) is 24.8 Å². The molecule has 0 saturated heterocycles. The fourth-order valence-electron chi connectivity index (χ4n) is 2.67. The molecule has 1 aliphatic carbocycles. The molecule has 0 aromatic rings. The third-order valence-corrected chi connectivity index (χ3v) is 4.38. The van der Waals surface area contributed by atoms with E-state index in [0.29, 0.717) is 0 Å². The minimum absolute atomic E-state index is 0.751. The first kappa shape index (κ1) is 17.7. The Kier molecular flexibility index (Phi) is 8.04. The molecular weight excluding hydrogens is 256 g/mol. The van der Waals surface area contributed by atoms with Crippen molar-refractivity contribution >= 4 is 6.29 Å². The summed E-state index contributed by atoms with van der Waals surface area (Å²) < 4.78 is 0. The molecule has 1 unspecified atom stereocenters. The number of hydrogen-bond donors (Lipinski definition) is 0. The number of hydrogen-bond acceptors (Lipinski definition) is 1. The van der Waals surface area contributed by atoms with Crippen LogP contribution in [-0.4, -0.2) is 6.29 Å². The summed E-state index contributed by atoms with van der Waals surface area (Å²) in [5, 5.41) is 0. The molecule has 0 aromatic carbocycles. The lowest BCUT2D eigenvalue weighted by Gasteiger charge is -2.21. The van der Waals surface area contributed by atoms with Gasteiger partial charge >= 0.3 is 0 Å². The smallest absolute Gasteiger partial charge is 0.145 e. The molecule has 0 heterocycles. The lowest BCUT2D eigenvalue weighted by molar-refractivity contribution is -0.104. The Morgan fingerprint density at radius 3 is 2.62 bits per heavy atom. The fourth-order valence-corrected chi connectivity index (χ4v) is 2.67. The molecular formula is C20H30O. The third kappa shape index (κ3) is 7.27. The van der Waals surface area contributed by atoms with Gasteiger partial charge in [-0.2, -0.15) is 0 Å². The minimum Gasteiger partial charge on any atom is -0.298 e. The second-order valence-electron chi connectivity index (χ2n) is 6.36. The lowest BCUT2D eigenvalue weighted by atomic mass is 9.85. The SMILES string of the molecule is CC(C=O)=CCCC(C)=CCC=C(C)C1CC=C(C)CC1. The largest absolute Gasteiger partial charge is 0.298 e. The molecule has 0 amide bonds. The molecule has 0 aliphatic heterocycles. The van der Waals surface area contributed by atoms with Crippen LogP contribution >= 0.6 is 0 Å². The van der Waals surface area contributed by atoms with Crippen LogP contribution in [0, 0.1) is 5.92 Å². The first-order valence-electron chi connectivity index (χ1n) is 8.12. The van der Waals surface area contributed by atoms with Gasteiger partial charge in [0.25, 0.3) is 0 Å². The Bertz CT molecular complexity index is 460. The van der Waals surface area contributed by atoms with Crippen LogP contribution in [0.5, 0.6) is 0 Å². The summed E-state index contributed by atoms with van der Waals surface area (Å²) >= 11 is 0. The van der Waals surface area contributed by atoms with Crippen molar-refractivity contribution in [1.29, 1.82) is 0 Å². The van der Waals surface area contributed by atoms with E-state index in [9.17, 15) is 4.79 Å². The number of aldehydes is 1. The molecule has 1 aliphatic rings. The van der Waals surface area contributed by atoms with Crippen LogP contribution in [0.4, 0.5) is 0 Å². The van der Waals surface area contributed by atoms with Gasteiger partial charge in [-0.1, -0.05) is 41.0 Å². The average Bonchev–Trinajstić information content (AvgIpc) is 2.47. The molecule has 0 N–H and O–H groups in total. The number of allylic oxidation sites excluding steroid dienone is 8. The van der Waals surface area contributed by atoms with Crippen LogP contribution in [-0.2, 0) is 4.79 Å². The first-order chi connectivity index (χ1) is 10.0. The van der Waals surface area contributed by atoms with Gasteiger partial charge in [0.05, 0.1) is 0 Å². The van der Waals surface area contributed by atoms with Gasteiger partial charge in [0.2, 0.25) is 0 Å². The number of carbonyl (C=O) groups is 1. The van der Waals surface area contributed by atoms with Crippen molar-refractivity contribution in [1.82, 2.24) is 0 Å². The summed E-state index contributed by atoms with van der Waals surface area (Å²) in [6, 6.07) is 0. The van der Waals surface area contributed by atoms with Gasteiger partial charge in [0, 0.05) is 0 Å². The third-order valence-electron chi connectivity index (χ3n) is 4.38. The van der Waals surface area contributed by atoms with Crippen LogP contribution in [0.1, 0.15) is 66.2 Å². The molecule has 116 valence electrons. The van der Waals surface area contributed by atoms with Crippen molar-refractivity contribution in [3.05, 3.63) is 46.6 Å². The molecule has 1 rings (SSSR count). The van der Waals surface area contributed by atoms with Crippen LogP contribution in [0.2, 0.25) is 0 Å². The molecule has 0 bridgehead atoms. The van der Waals surface area contributed by atoms with Crippen molar-refractivity contribution in [3.8, 4) is 0 Å². The maximum absolute atomic E-state index is 10.5. The molecule has 0 aromatic heterocycles. The van der Waals surface area contributed by atoms with E-state index in [4.69, 9.17) is 0 Å². The van der Waals surface area contributed by atoms with Gasteiger partial charge < -0.3 is 0 Å². The van der Waals surface area contributed by atoms with E-state index in [0.717, 1.165) is 37.0 Å². The average molecular weight is 286 g/mol.